The first kappa shape index (κ1) is 30.8. The van der Waals surface area contributed by atoms with Crippen molar-refractivity contribution in [3.63, 3.8) is 0 Å². The Labute approximate surface area is 213 Å². The Morgan fingerprint density at radius 1 is 0.974 bits per heavy atom. The van der Waals surface area contributed by atoms with Gasteiger partial charge in [-0.15, -0.1) is 5.10 Å². The van der Waals surface area contributed by atoms with Gasteiger partial charge in [-0.05, 0) is 20.9 Å². The Bertz CT molecular complexity index is 1190. The number of carbonyl (C=O) groups is 2. The number of aryl methyl sites for hydroxylation is 2. The molecule has 3 aromatic rings. The van der Waals surface area contributed by atoms with E-state index in [-0.39, 0.29) is 42.2 Å². The van der Waals surface area contributed by atoms with Gasteiger partial charge < -0.3 is 29.7 Å². The summed E-state index contributed by atoms with van der Waals surface area (Å²) < 4.78 is 11.7. The van der Waals surface area contributed by atoms with Gasteiger partial charge in [0.1, 0.15) is 11.0 Å². The lowest BCUT2D eigenvalue weighted by molar-refractivity contribution is -0.780. The topological polar surface area (TPSA) is 248 Å². The highest BCUT2D eigenvalue weighted by Crippen LogP contribution is 2.06. The van der Waals surface area contributed by atoms with Gasteiger partial charge in [-0.25, -0.2) is 0 Å². The number of hydrogen-bond donors (Lipinski definition) is 2. The van der Waals surface area contributed by atoms with E-state index in [2.05, 4.69) is 29.9 Å². The fraction of sp³-hybridized carbons (Fsp3) is 0.421. The molecular formula is C19H26N9O10+. The van der Waals surface area contributed by atoms with E-state index in [1.165, 1.54) is 60.4 Å². The van der Waals surface area contributed by atoms with Crippen molar-refractivity contribution in [1.82, 2.24) is 25.1 Å². The summed E-state index contributed by atoms with van der Waals surface area (Å²) in [5.74, 6) is -0.889. The smallest absolute Gasteiger partial charge is 0.469 e. The molecule has 38 heavy (non-hydrogen) atoms. The molecule has 3 aromatic heterocycles. The summed E-state index contributed by atoms with van der Waals surface area (Å²) in [6.07, 6.45) is 5.90. The molecule has 0 aliphatic rings. The van der Waals surface area contributed by atoms with E-state index < -0.39 is 14.8 Å². The summed E-state index contributed by atoms with van der Waals surface area (Å²) in [6, 6.07) is 3.98. The summed E-state index contributed by atoms with van der Waals surface area (Å²) in [5.41, 5.74) is 0. The molecule has 0 saturated carbocycles. The molecular weight excluding hydrogens is 514 g/mol. The number of nitro groups is 3. The first-order chi connectivity index (χ1) is 18.1. The van der Waals surface area contributed by atoms with Gasteiger partial charge >= 0.3 is 29.4 Å². The SMILES string of the molecule is COC(=O)CCC[n+]1[nH]ccc1[N+](=O)[O-].COC(=O)CCCn1ccc([N+](=O)[O-])n1.O=[N+]([O-])c1ccn[nH]1. The van der Waals surface area contributed by atoms with Gasteiger partial charge in [-0.1, -0.05) is 5.10 Å². The van der Waals surface area contributed by atoms with Gasteiger partial charge in [0.25, 0.3) is 0 Å². The quantitative estimate of drug-likeness (QED) is 0.151. The third kappa shape index (κ3) is 11.5. The predicted octanol–water partition coefficient (Wildman–Crippen LogP) is 1.23. The summed E-state index contributed by atoms with van der Waals surface area (Å²) in [7, 11) is 2.63. The molecule has 3 heterocycles. The van der Waals surface area contributed by atoms with Gasteiger partial charge in [-0.3, -0.25) is 19.7 Å². The number of aromatic nitrogens is 6. The second kappa shape index (κ2) is 16.4. The molecule has 0 aliphatic carbocycles. The lowest BCUT2D eigenvalue weighted by atomic mass is 10.3. The van der Waals surface area contributed by atoms with Crippen LogP contribution in [0.25, 0.3) is 0 Å². The van der Waals surface area contributed by atoms with Crippen LogP contribution in [0.5, 0.6) is 0 Å². The Balaban J connectivity index is 0.000000298. The Morgan fingerprint density at radius 2 is 1.63 bits per heavy atom. The van der Waals surface area contributed by atoms with Gasteiger partial charge in [0.2, 0.25) is 0 Å². The van der Waals surface area contributed by atoms with E-state index in [9.17, 15) is 39.9 Å². The van der Waals surface area contributed by atoms with E-state index in [1.54, 1.807) is 0 Å². The van der Waals surface area contributed by atoms with Crippen molar-refractivity contribution in [1.29, 1.82) is 0 Å². The zero-order valence-electron chi connectivity index (χ0n) is 20.4. The van der Waals surface area contributed by atoms with Crippen LogP contribution in [0.1, 0.15) is 25.7 Å². The van der Waals surface area contributed by atoms with Crippen LogP contribution in [0.2, 0.25) is 0 Å². The normalized spacial score (nSPS) is 9.74. The molecule has 0 bridgehead atoms. The molecule has 0 aromatic carbocycles. The Kier molecular flexibility index (Phi) is 13.3. The standard InChI is InChI=1S/2C8H11N3O4.C3H3N3O2/c1-15-8(12)3-2-6-10-7(11(13)14)4-5-9-10;1-15-8(12)3-2-5-10-6-4-7(9-10)11(13)14;7-6(8)3-1-2-4-5-3/h4-5H,2-3,6H2,1H3;4,6H,2-3,5H2,1H3;1-2H,(H,4,5)/p+1. The number of methoxy groups -OCH3 is 2. The molecule has 0 unspecified atom stereocenters. The third-order valence-corrected chi connectivity index (χ3v) is 4.41. The van der Waals surface area contributed by atoms with Crippen LogP contribution < -0.4 is 4.68 Å². The second-order valence-electron chi connectivity index (χ2n) is 6.98. The van der Waals surface area contributed by atoms with E-state index in [4.69, 9.17) is 0 Å². The minimum Gasteiger partial charge on any atom is -0.469 e. The third-order valence-electron chi connectivity index (χ3n) is 4.41. The van der Waals surface area contributed by atoms with Crippen molar-refractivity contribution in [2.75, 3.05) is 14.2 Å². The van der Waals surface area contributed by atoms with Crippen molar-refractivity contribution >= 4 is 29.4 Å². The largest absolute Gasteiger partial charge is 0.526 e. The van der Waals surface area contributed by atoms with E-state index in [0.717, 1.165) is 0 Å². The molecule has 19 heteroatoms. The molecule has 2 N–H and O–H groups in total. The molecule has 0 spiro atoms. The van der Waals surface area contributed by atoms with E-state index in [1.807, 2.05) is 0 Å². The van der Waals surface area contributed by atoms with Crippen LogP contribution in [-0.2, 0) is 32.2 Å². The molecule has 0 atom stereocenters. The van der Waals surface area contributed by atoms with Gasteiger partial charge in [0.05, 0.1) is 63.0 Å². The van der Waals surface area contributed by atoms with Crippen LogP contribution in [0.3, 0.4) is 0 Å². The monoisotopic (exact) mass is 540 g/mol. The minimum absolute atomic E-state index is 0.0140. The molecule has 0 saturated heterocycles. The van der Waals surface area contributed by atoms with Crippen LogP contribution in [0, 0.1) is 30.3 Å². The van der Waals surface area contributed by atoms with Crippen molar-refractivity contribution in [3.8, 4) is 0 Å². The highest BCUT2D eigenvalue weighted by atomic mass is 16.6. The van der Waals surface area contributed by atoms with Crippen LogP contribution >= 0.6 is 0 Å². The summed E-state index contributed by atoms with van der Waals surface area (Å²) in [5, 5.41) is 42.6. The highest BCUT2D eigenvalue weighted by molar-refractivity contribution is 5.69. The first-order valence-corrected chi connectivity index (χ1v) is 10.8. The number of hydrogen-bond acceptors (Lipinski definition) is 12. The number of esters is 2. The summed E-state index contributed by atoms with van der Waals surface area (Å²) in [4.78, 5) is 50.6. The zero-order chi connectivity index (χ0) is 28.5. The maximum atomic E-state index is 10.8. The fourth-order valence-corrected chi connectivity index (χ4v) is 2.59. The minimum atomic E-state index is -0.559. The second-order valence-corrected chi connectivity index (χ2v) is 6.98. The Hall–Kier alpha value is -5.23. The van der Waals surface area contributed by atoms with Gasteiger partial charge in [-0.2, -0.15) is 9.78 Å². The lowest BCUT2D eigenvalue weighted by Gasteiger charge is -1.97. The number of nitrogens with zero attached hydrogens (tertiary/aromatic N) is 7. The van der Waals surface area contributed by atoms with Crippen molar-refractivity contribution < 1.29 is 38.5 Å². The predicted molar refractivity (Wildman–Crippen MR) is 124 cm³/mol. The zero-order valence-corrected chi connectivity index (χ0v) is 20.4. The highest BCUT2D eigenvalue weighted by Gasteiger charge is 2.23. The number of nitrogens with one attached hydrogen (secondary N) is 2. The molecule has 206 valence electrons. The molecule has 0 amide bonds. The number of carbonyl (C=O) groups excluding carboxylic acids is 2. The number of aromatic amines is 2. The molecule has 0 aliphatic heterocycles. The van der Waals surface area contributed by atoms with Crippen molar-refractivity contribution in [2.24, 2.45) is 0 Å². The van der Waals surface area contributed by atoms with Crippen LogP contribution in [0.15, 0.2) is 36.8 Å². The molecule has 0 radical (unpaired) electrons. The number of rotatable bonds is 11. The van der Waals surface area contributed by atoms with Crippen molar-refractivity contribution in [3.05, 3.63) is 67.1 Å². The lowest BCUT2D eigenvalue weighted by Crippen LogP contribution is -2.37. The van der Waals surface area contributed by atoms with Crippen LogP contribution in [0.4, 0.5) is 17.5 Å². The molecule has 0 fully saturated rings. The number of ether oxygens (including phenoxy) is 2. The van der Waals surface area contributed by atoms with E-state index >= 15 is 0 Å². The van der Waals surface area contributed by atoms with E-state index in [0.29, 0.717) is 25.9 Å². The average molecular weight is 540 g/mol. The van der Waals surface area contributed by atoms with Gasteiger partial charge in [0, 0.05) is 12.8 Å². The maximum absolute atomic E-state index is 10.8. The van der Waals surface area contributed by atoms with Crippen LogP contribution in [-0.4, -0.2) is 66.0 Å². The van der Waals surface area contributed by atoms with Gasteiger partial charge in [0.15, 0.2) is 6.54 Å². The first-order valence-electron chi connectivity index (χ1n) is 10.8. The fourth-order valence-electron chi connectivity index (χ4n) is 2.59. The Morgan fingerprint density at radius 3 is 2.11 bits per heavy atom. The average Bonchev–Trinajstić information content (AvgIpc) is 3.66. The summed E-state index contributed by atoms with van der Waals surface area (Å²) in [6.45, 7) is 0.849. The number of H-pyrrole nitrogens is 2. The van der Waals surface area contributed by atoms with Crippen molar-refractivity contribution in [2.45, 2.75) is 38.8 Å². The summed E-state index contributed by atoms with van der Waals surface area (Å²) >= 11 is 0. The maximum Gasteiger partial charge on any atom is 0.526 e. The molecule has 3 rings (SSSR count). The molecule has 19 nitrogen and oxygen atoms in total.